The summed E-state index contributed by atoms with van der Waals surface area (Å²) in [6.07, 6.45) is -1.86. The zero-order chi connectivity index (χ0) is 26.5. The SMILES string of the molecule is CCCOC(=O)c1nnc(N=Nc2cc3c(cc2NS(=O)(=O)CC(F)(F)F)N(CC)C(CC)CC3)s1. The van der Waals surface area contributed by atoms with Crippen LogP contribution in [0.3, 0.4) is 0 Å². The third-order valence-corrected chi connectivity index (χ3v) is 7.42. The van der Waals surface area contributed by atoms with Crippen LogP contribution in [0.4, 0.5) is 35.4 Å². The fourth-order valence-corrected chi connectivity index (χ4v) is 5.45. The van der Waals surface area contributed by atoms with Crippen molar-refractivity contribution in [3.05, 3.63) is 22.7 Å². The van der Waals surface area contributed by atoms with Gasteiger partial charge in [0.25, 0.3) is 5.13 Å². The maximum Gasteiger partial charge on any atom is 0.404 e. The van der Waals surface area contributed by atoms with E-state index in [0.29, 0.717) is 19.4 Å². The number of hydrogen-bond acceptors (Lipinski definition) is 10. The highest BCUT2D eigenvalue weighted by Crippen LogP contribution is 2.40. The number of nitrogens with one attached hydrogen (secondary N) is 1. The molecule has 1 aromatic carbocycles. The van der Waals surface area contributed by atoms with Crippen LogP contribution in [0.25, 0.3) is 0 Å². The summed E-state index contributed by atoms with van der Waals surface area (Å²) >= 11 is 0.821. The van der Waals surface area contributed by atoms with Crippen LogP contribution in [-0.4, -0.2) is 55.7 Å². The molecular formula is C21H27F3N6O4S2. The Morgan fingerprint density at radius 3 is 2.64 bits per heavy atom. The first-order valence-electron chi connectivity index (χ1n) is 11.4. The Labute approximate surface area is 211 Å². The van der Waals surface area contributed by atoms with Crippen molar-refractivity contribution in [2.24, 2.45) is 10.2 Å². The summed E-state index contributed by atoms with van der Waals surface area (Å²) in [7, 11) is -4.77. The topological polar surface area (TPSA) is 126 Å². The lowest BCUT2D eigenvalue weighted by Crippen LogP contribution is -2.38. The Balaban J connectivity index is 1.98. The molecule has 1 unspecified atom stereocenters. The second-order valence-electron chi connectivity index (χ2n) is 8.09. The Bertz CT molecular complexity index is 1220. The molecule has 10 nitrogen and oxygen atoms in total. The van der Waals surface area contributed by atoms with E-state index in [1.807, 2.05) is 25.5 Å². The van der Waals surface area contributed by atoms with E-state index < -0.39 is 27.9 Å². The van der Waals surface area contributed by atoms with Crippen molar-refractivity contribution >= 4 is 49.5 Å². The van der Waals surface area contributed by atoms with Gasteiger partial charge < -0.3 is 9.64 Å². The quantitative estimate of drug-likeness (QED) is 0.312. The van der Waals surface area contributed by atoms with Gasteiger partial charge in [0.1, 0.15) is 5.69 Å². The number of esters is 1. The Morgan fingerprint density at radius 1 is 1.25 bits per heavy atom. The zero-order valence-corrected chi connectivity index (χ0v) is 21.6. The molecule has 1 atom stereocenters. The van der Waals surface area contributed by atoms with E-state index in [1.54, 1.807) is 6.07 Å². The number of alkyl halides is 3. The normalized spacial score (nSPS) is 16.3. The van der Waals surface area contributed by atoms with Gasteiger partial charge in [0.05, 0.1) is 12.3 Å². The standard InChI is InChI=1S/C21H27F3N6O4S2/c1-4-9-34-19(31)18-26-28-20(35-18)27-25-15-10-13-7-8-14(5-2)30(6-3)17(13)11-16(15)29-36(32,33)12-21(22,23)24/h10-11,14,29H,4-9,12H2,1-3H3. The van der Waals surface area contributed by atoms with Crippen LogP contribution in [0.15, 0.2) is 22.4 Å². The third kappa shape index (κ3) is 7.12. The molecule has 0 fully saturated rings. The predicted molar refractivity (Wildman–Crippen MR) is 130 cm³/mol. The number of fused-ring (bicyclic) bond motifs is 1. The molecule has 1 aliphatic heterocycles. The smallest absolute Gasteiger partial charge is 0.404 e. The van der Waals surface area contributed by atoms with E-state index in [0.717, 1.165) is 35.4 Å². The van der Waals surface area contributed by atoms with Crippen molar-refractivity contribution in [1.29, 1.82) is 0 Å². The highest BCUT2D eigenvalue weighted by Gasteiger charge is 2.36. The van der Waals surface area contributed by atoms with Crippen LogP contribution < -0.4 is 9.62 Å². The number of azo groups is 1. The number of rotatable bonds is 10. The molecular weight excluding hydrogens is 521 g/mol. The van der Waals surface area contributed by atoms with Gasteiger partial charge in [-0.05, 0) is 50.3 Å². The molecule has 36 heavy (non-hydrogen) atoms. The minimum atomic E-state index is -4.92. The molecule has 15 heteroatoms. The van der Waals surface area contributed by atoms with Gasteiger partial charge in [-0.3, -0.25) is 4.72 Å². The average molecular weight is 549 g/mol. The van der Waals surface area contributed by atoms with E-state index in [9.17, 15) is 26.4 Å². The number of ether oxygens (including phenoxy) is 1. The fraction of sp³-hybridized carbons (Fsp3) is 0.571. The minimum Gasteiger partial charge on any atom is -0.460 e. The van der Waals surface area contributed by atoms with Crippen LogP contribution in [0.1, 0.15) is 55.4 Å². The third-order valence-electron chi connectivity index (χ3n) is 5.39. The molecule has 1 aromatic heterocycles. The van der Waals surface area contributed by atoms with E-state index in [-0.39, 0.29) is 34.2 Å². The molecule has 1 N–H and O–H groups in total. The Kier molecular flexibility index (Phi) is 8.87. The fourth-order valence-electron chi connectivity index (χ4n) is 3.89. The summed E-state index contributed by atoms with van der Waals surface area (Å²) < 4.78 is 70.0. The van der Waals surface area contributed by atoms with Gasteiger partial charge >= 0.3 is 12.1 Å². The van der Waals surface area contributed by atoms with E-state index in [4.69, 9.17) is 4.74 Å². The predicted octanol–water partition coefficient (Wildman–Crippen LogP) is 5.38. The number of aromatic nitrogens is 2. The minimum absolute atomic E-state index is 0.00139. The van der Waals surface area contributed by atoms with Crippen molar-refractivity contribution in [3.63, 3.8) is 0 Å². The van der Waals surface area contributed by atoms with Crippen LogP contribution in [0.5, 0.6) is 0 Å². The van der Waals surface area contributed by atoms with Crippen molar-refractivity contribution < 1.29 is 31.1 Å². The number of aryl methyl sites for hydroxylation is 1. The van der Waals surface area contributed by atoms with Gasteiger partial charge in [-0.2, -0.15) is 13.2 Å². The molecule has 0 radical (unpaired) electrons. The number of carbonyl (C=O) groups is 1. The first kappa shape index (κ1) is 27.8. The Hall–Kier alpha value is -2.81. The van der Waals surface area contributed by atoms with Crippen LogP contribution in [0, 0.1) is 0 Å². The maximum atomic E-state index is 12.8. The van der Waals surface area contributed by atoms with Gasteiger partial charge in [-0.1, -0.05) is 25.2 Å². The lowest BCUT2D eigenvalue weighted by molar-refractivity contribution is -0.106. The molecule has 0 saturated carbocycles. The summed E-state index contributed by atoms with van der Waals surface area (Å²) in [5.74, 6) is -2.70. The van der Waals surface area contributed by atoms with Crippen LogP contribution >= 0.6 is 11.3 Å². The lowest BCUT2D eigenvalue weighted by Gasteiger charge is -2.38. The first-order valence-corrected chi connectivity index (χ1v) is 13.9. The van der Waals surface area contributed by atoms with E-state index in [1.165, 1.54) is 6.07 Å². The molecule has 0 aliphatic carbocycles. The number of nitrogens with zero attached hydrogens (tertiary/aromatic N) is 5. The molecule has 3 rings (SSSR count). The zero-order valence-electron chi connectivity index (χ0n) is 20.0. The van der Waals surface area contributed by atoms with Gasteiger partial charge in [-0.15, -0.1) is 20.4 Å². The summed E-state index contributed by atoms with van der Waals surface area (Å²) in [5, 5.41) is 15.4. The molecule has 0 spiro atoms. The molecule has 2 aromatic rings. The van der Waals surface area contributed by atoms with Crippen molar-refractivity contribution in [1.82, 2.24) is 10.2 Å². The molecule has 0 amide bonds. The van der Waals surface area contributed by atoms with Gasteiger partial charge in [0.2, 0.25) is 15.0 Å². The Morgan fingerprint density at radius 2 is 2.00 bits per heavy atom. The van der Waals surface area contributed by atoms with Gasteiger partial charge in [0, 0.05) is 18.3 Å². The van der Waals surface area contributed by atoms with Gasteiger partial charge in [-0.25, -0.2) is 13.2 Å². The average Bonchev–Trinajstić information content (AvgIpc) is 3.27. The summed E-state index contributed by atoms with van der Waals surface area (Å²) in [5.41, 5.74) is 1.49. The highest BCUT2D eigenvalue weighted by molar-refractivity contribution is 7.92. The van der Waals surface area contributed by atoms with Gasteiger partial charge in [0.15, 0.2) is 5.75 Å². The number of halogens is 3. The number of carbonyl (C=O) groups excluding carboxylic acids is 1. The second kappa shape index (κ2) is 11.5. The number of benzene rings is 1. The first-order chi connectivity index (χ1) is 17.0. The number of hydrogen-bond donors (Lipinski definition) is 1. The molecule has 1 aliphatic rings. The molecule has 0 saturated heterocycles. The summed E-state index contributed by atoms with van der Waals surface area (Å²) in [4.78, 5) is 14.0. The van der Waals surface area contributed by atoms with Crippen molar-refractivity contribution in [3.8, 4) is 0 Å². The summed E-state index contributed by atoms with van der Waals surface area (Å²) in [6, 6.07) is 3.33. The molecule has 198 valence electrons. The van der Waals surface area contributed by atoms with Crippen LogP contribution in [-0.2, 0) is 21.2 Å². The summed E-state index contributed by atoms with van der Waals surface area (Å²) in [6.45, 7) is 6.70. The molecule has 0 bridgehead atoms. The lowest BCUT2D eigenvalue weighted by atomic mass is 9.93. The van der Waals surface area contributed by atoms with Crippen molar-refractivity contribution in [2.45, 2.75) is 58.7 Å². The molecule has 2 heterocycles. The number of anilines is 2. The van der Waals surface area contributed by atoms with Crippen molar-refractivity contribution in [2.75, 3.05) is 28.5 Å². The van der Waals surface area contributed by atoms with E-state index >= 15 is 0 Å². The van der Waals surface area contributed by atoms with E-state index in [2.05, 4.69) is 25.3 Å². The maximum absolute atomic E-state index is 12.8. The monoisotopic (exact) mass is 548 g/mol. The largest absolute Gasteiger partial charge is 0.460 e. The number of sulfonamides is 1. The highest BCUT2D eigenvalue weighted by atomic mass is 32.2. The van der Waals surface area contributed by atoms with Crippen LogP contribution in [0.2, 0.25) is 0 Å². The second-order valence-corrected chi connectivity index (χ2v) is 10.8.